The number of alkyl carbamates (subject to hydrolysis) is 1. The van der Waals surface area contributed by atoms with Gasteiger partial charge < -0.3 is 25.2 Å². The zero-order chi connectivity index (χ0) is 23.9. The number of amides is 2. The molecule has 2 aliphatic carbocycles. The van der Waals surface area contributed by atoms with Crippen LogP contribution in [-0.4, -0.2) is 64.4 Å². The van der Waals surface area contributed by atoms with Crippen molar-refractivity contribution in [3.05, 3.63) is 59.7 Å². The van der Waals surface area contributed by atoms with Gasteiger partial charge >= 0.3 is 12.1 Å². The number of likely N-dealkylation sites (tertiary alicyclic amines) is 1. The van der Waals surface area contributed by atoms with E-state index in [-0.39, 0.29) is 43.5 Å². The lowest BCUT2D eigenvalue weighted by Gasteiger charge is -2.45. The number of carboxylic acids is 1. The molecule has 0 unspecified atom stereocenters. The Balaban J connectivity index is 1.15. The second-order valence-electron chi connectivity index (χ2n) is 9.56. The molecule has 0 aromatic heterocycles. The fourth-order valence-corrected chi connectivity index (χ4v) is 5.49. The van der Waals surface area contributed by atoms with E-state index in [9.17, 15) is 19.5 Å². The number of hydrogen-bond donors (Lipinski definition) is 3. The maximum atomic E-state index is 12.7. The molecule has 0 bridgehead atoms. The van der Waals surface area contributed by atoms with E-state index in [1.54, 1.807) is 0 Å². The number of rotatable bonds is 5. The molecular weight excluding hydrogens is 436 g/mol. The molecule has 5 rings (SSSR count). The Morgan fingerprint density at radius 1 is 1.00 bits per heavy atom. The van der Waals surface area contributed by atoms with Crippen molar-refractivity contribution in [2.75, 3.05) is 19.7 Å². The minimum absolute atomic E-state index is 0.0155. The van der Waals surface area contributed by atoms with Crippen LogP contribution in [0, 0.1) is 5.92 Å². The Labute approximate surface area is 197 Å². The summed E-state index contributed by atoms with van der Waals surface area (Å²) < 4.78 is 5.63. The fraction of sp³-hybridized carbons (Fsp3) is 0.423. The van der Waals surface area contributed by atoms with Crippen LogP contribution in [0.4, 0.5) is 4.79 Å². The number of aliphatic carboxylic acids is 1. The van der Waals surface area contributed by atoms with Crippen LogP contribution in [0.1, 0.15) is 42.7 Å². The zero-order valence-electron chi connectivity index (χ0n) is 18.8. The molecule has 1 aliphatic heterocycles. The lowest BCUT2D eigenvalue weighted by atomic mass is 9.83. The number of aliphatic hydroxyl groups is 1. The minimum Gasteiger partial charge on any atom is -0.479 e. The summed E-state index contributed by atoms with van der Waals surface area (Å²) in [7, 11) is 0. The van der Waals surface area contributed by atoms with Gasteiger partial charge in [0.15, 0.2) is 5.60 Å². The second-order valence-corrected chi connectivity index (χ2v) is 9.56. The Morgan fingerprint density at radius 2 is 1.62 bits per heavy atom. The number of benzene rings is 2. The molecule has 8 heteroatoms. The molecule has 1 heterocycles. The maximum Gasteiger partial charge on any atom is 0.407 e. The van der Waals surface area contributed by atoms with Crippen molar-refractivity contribution < 1.29 is 29.3 Å². The summed E-state index contributed by atoms with van der Waals surface area (Å²) in [4.78, 5) is 37.8. The first kappa shape index (κ1) is 22.4. The highest BCUT2D eigenvalue weighted by molar-refractivity contribution is 5.86. The normalized spacial score (nSPS) is 22.8. The van der Waals surface area contributed by atoms with Gasteiger partial charge in [0.2, 0.25) is 5.91 Å². The number of β-amino-alcohol motifs (C(OH)–C–C–N with tert-alkyl or cyclic N) is 1. The van der Waals surface area contributed by atoms with Crippen molar-refractivity contribution >= 4 is 18.0 Å². The molecule has 3 aliphatic rings. The van der Waals surface area contributed by atoms with E-state index in [1.807, 2.05) is 24.3 Å². The van der Waals surface area contributed by atoms with E-state index in [1.165, 1.54) is 16.0 Å². The molecule has 178 valence electrons. The standard InChI is InChI=1S/C26H28N2O6/c29-23(28-14-26(33,15-28)24(30)31)16-6-5-7-17(12-16)27-25(32)34-13-22-20-10-3-1-8-18(20)19-9-2-4-11-21(19)22/h1-4,8-11,16-17,22,33H,5-7,12-15H2,(H,27,32)(H,30,31)/t16-,17+/m1/s1. The molecule has 0 spiro atoms. The van der Waals surface area contributed by atoms with Gasteiger partial charge in [-0.15, -0.1) is 0 Å². The van der Waals surface area contributed by atoms with Gasteiger partial charge in [-0.1, -0.05) is 55.0 Å². The van der Waals surface area contributed by atoms with E-state index in [0.717, 1.165) is 24.0 Å². The fourth-order valence-electron chi connectivity index (χ4n) is 5.49. The average Bonchev–Trinajstić information content (AvgIpc) is 3.14. The number of ether oxygens (including phenoxy) is 1. The van der Waals surface area contributed by atoms with E-state index in [0.29, 0.717) is 12.8 Å². The van der Waals surface area contributed by atoms with Crippen molar-refractivity contribution in [2.45, 2.75) is 43.2 Å². The Hall–Kier alpha value is -3.39. The molecule has 3 N–H and O–H groups in total. The lowest BCUT2D eigenvalue weighted by molar-refractivity contribution is -0.184. The Kier molecular flexibility index (Phi) is 5.77. The number of fused-ring (bicyclic) bond motifs is 3. The topological polar surface area (TPSA) is 116 Å². The van der Waals surface area contributed by atoms with Crippen molar-refractivity contribution in [2.24, 2.45) is 5.92 Å². The third kappa shape index (κ3) is 4.03. The summed E-state index contributed by atoms with van der Waals surface area (Å²) in [6, 6.07) is 16.1. The molecule has 1 saturated carbocycles. The van der Waals surface area contributed by atoms with E-state index in [4.69, 9.17) is 9.84 Å². The summed E-state index contributed by atoms with van der Waals surface area (Å²) in [6.45, 7) is -0.152. The molecular formula is C26H28N2O6. The number of carbonyl (C=O) groups is 3. The maximum absolute atomic E-state index is 12.7. The van der Waals surface area contributed by atoms with Crippen LogP contribution >= 0.6 is 0 Å². The predicted molar refractivity (Wildman–Crippen MR) is 123 cm³/mol. The molecule has 0 radical (unpaired) electrons. The average molecular weight is 465 g/mol. The molecule has 8 nitrogen and oxygen atoms in total. The number of hydrogen-bond acceptors (Lipinski definition) is 5. The van der Waals surface area contributed by atoms with Crippen LogP contribution in [-0.2, 0) is 14.3 Å². The summed E-state index contributed by atoms with van der Waals surface area (Å²) in [5.74, 6) is -1.79. The van der Waals surface area contributed by atoms with Crippen LogP contribution in [0.5, 0.6) is 0 Å². The van der Waals surface area contributed by atoms with Crippen LogP contribution < -0.4 is 5.32 Å². The van der Waals surface area contributed by atoms with Gasteiger partial charge in [0, 0.05) is 17.9 Å². The second kappa shape index (κ2) is 8.76. The SMILES string of the molecule is O=C(N[C@H]1CCC[C@@H](C(=O)N2CC(O)(C(=O)O)C2)C1)OCC1c2ccccc2-c2ccccc21. The first-order valence-electron chi connectivity index (χ1n) is 11.7. The molecule has 2 atom stereocenters. The lowest BCUT2D eigenvalue weighted by Crippen LogP contribution is -2.68. The quantitative estimate of drug-likeness (QED) is 0.627. The molecule has 34 heavy (non-hydrogen) atoms. The van der Waals surface area contributed by atoms with Gasteiger partial charge in [-0.3, -0.25) is 4.79 Å². The van der Waals surface area contributed by atoms with Gasteiger partial charge in [-0.05, 0) is 41.5 Å². The van der Waals surface area contributed by atoms with Crippen molar-refractivity contribution in [1.82, 2.24) is 10.2 Å². The predicted octanol–water partition coefficient (Wildman–Crippen LogP) is 2.74. The van der Waals surface area contributed by atoms with Crippen LogP contribution in [0.25, 0.3) is 11.1 Å². The first-order valence-corrected chi connectivity index (χ1v) is 11.7. The molecule has 1 saturated heterocycles. The molecule has 2 aromatic rings. The monoisotopic (exact) mass is 464 g/mol. The molecule has 2 fully saturated rings. The molecule has 2 aromatic carbocycles. The van der Waals surface area contributed by atoms with E-state index < -0.39 is 17.7 Å². The Bertz CT molecular complexity index is 1080. The van der Waals surface area contributed by atoms with E-state index >= 15 is 0 Å². The van der Waals surface area contributed by atoms with Crippen molar-refractivity contribution in [3.8, 4) is 11.1 Å². The number of carboxylic acid groups (broad SMARTS) is 1. The number of nitrogens with zero attached hydrogens (tertiary/aromatic N) is 1. The molecule has 2 amide bonds. The van der Waals surface area contributed by atoms with Gasteiger partial charge in [-0.25, -0.2) is 9.59 Å². The zero-order valence-corrected chi connectivity index (χ0v) is 18.8. The highest BCUT2D eigenvalue weighted by atomic mass is 16.5. The summed E-state index contributed by atoms with van der Waals surface area (Å²) in [5, 5.41) is 21.8. The highest BCUT2D eigenvalue weighted by Gasteiger charge is 2.51. The summed E-state index contributed by atoms with van der Waals surface area (Å²) in [6.07, 6.45) is 2.20. The summed E-state index contributed by atoms with van der Waals surface area (Å²) in [5.41, 5.74) is 2.79. The van der Waals surface area contributed by atoms with Crippen LogP contribution in [0.3, 0.4) is 0 Å². The Morgan fingerprint density at radius 3 is 2.24 bits per heavy atom. The van der Waals surface area contributed by atoms with Gasteiger partial charge in [0.25, 0.3) is 0 Å². The van der Waals surface area contributed by atoms with Crippen LogP contribution in [0.15, 0.2) is 48.5 Å². The first-order chi connectivity index (χ1) is 16.4. The minimum atomic E-state index is -1.84. The smallest absolute Gasteiger partial charge is 0.407 e. The van der Waals surface area contributed by atoms with Gasteiger partial charge in [0.05, 0.1) is 13.1 Å². The third-order valence-corrected chi connectivity index (χ3v) is 7.30. The van der Waals surface area contributed by atoms with Crippen molar-refractivity contribution in [3.63, 3.8) is 0 Å². The summed E-state index contributed by atoms with van der Waals surface area (Å²) >= 11 is 0. The van der Waals surface area contributed by atoms with Gasteiger partial charge in [0.1, 0.15) is 6.61 Å². The number of carbonyl (C=O) groups excluding carboxylic acids is 2. The van der Waals surface area contributed by atoms with Crippen LogP contribution in [0.2, 0.25) is 0 Å². The van der Waals surface area contributed by atoms with Crippen molar-refractivity contribution in [1.29, 1.82) is 0 Å². The van der Waals surface area contributed by atoms with Gasteiger partial charge in [-0.2, -0.15) is 0 Å². The van der Waals surface area contributed by atoms with E-state index in [2.05, 4.69) is 29.6 Å². The highest BCUT2D eigenvalue weighted by Crippen LogP contribution is 2.44. The largest absolute Gasteiger partial charge is 0.479 e. The third-order valence-electron chi connectivity index (χ3n) is 7.30. The number of nitrogens with one attached hydrogen (secondary N) is 1.